The molecule has 38 heavy (non-hydrogen) atoms. The van der Waals surface area contributed by atoms with E-state index in [-0.39, 0.29) is 6.10 Å². The molecule has 4 aliphatic rings. The minimum atomic E-state index is -3.70. The maximum Gasteiger partial charge on any atom is 0.297 e. The van der Waals surface area contributed by atoms with E-state index in [1.54, 1.807) is 12.1 Å². The molecule has 0 unspecified atom stereocenters. The average molecular weight is 543 g/mol. The minimum Gasteiger partial charge on any atom is -0.263 e. The van der Waals surface area contributed by atoms with Crippen LogP contribution >= 0.6 is 0 Å². The van der Waals surface area contributed by atoms with Gasteiger partial charge in [-0.15, -0.1) is 0 Å². The highest BCUT2D eigenvalue weighted by Gasteiger charge is 2.60. The Labute approximate surface area is 234 Å². The van der Waals surface area contributed by atoms with Crippen molar-refractivity contribution >= 4 is 10.1 Å². The van der Waals surface area contributed by atoms with Crippen LogP contribution in [-0.2, 0) is 14.3 Å². The zero-order valence-electron chi connectivity index (χ0n) is 25.0. The van der Waals surface area contributed by atoms with Crippen molar-refractivity contribution in [2.45, 2.75) is 130 Å². The summed E-state index contributed by atoms with van der Waals surface area (Å²) in [7, 11) is -3.70. The van der Waals surface area contributed by atoms with Gasteiger partial charge in [0.15, 0.2) is 0 Å². The Morgan fingerprint density at radius 1 is 0.868 bits per heavy atom. The Kier molecular flexibility index (Phi) is 8.17. The van der Waals surface area contributed by atoms with Crippen molar-refractivity contribution in [3.63, 3.8) is 0 Å². The normalized spacial score (nSPS) is 39.9. The van der Waals surface area contributed by atoms with Crippen molar-refractivity contribution in [2.24, 2.45) is 52.3 Å². The summed E-state index contributed by atoms with van der Waals surface area (Å²) in [5.74, 6) is 5.75. The van der Waals surface area contributed by atoms with Crippen LogP contribution in [0.5, 0.6) is 0 Å². The highest BCUT2D eigenvalue weighted by atomic mass is 32.2. The minimum absolute atomic E-state index is 0.174. The number of aryl methyl sites for hydroxylation is 1. The van der Waals surface area contributed by atoms with E-state index in [9.17, 15) is 8.42 Å². The monoisotopic (exact) mass is 542 g/mol. The Morgan fingerprint density at radius 3 is 2.26 bits per heavy atom. The summed E-state index contributed by atoms with van der Waals surface area (Å²) in [5.41, 5.74) is 1.94. The standard InChI is InChI=1S/C34H54O3S/c1-23(2)8-7-9-25(4)30-16-17-31-29-15-12-26-22-27(37-38(35,36)28-13-10-24(3)11-14-28)18-20-33(26,5)32(29)19-21-34(30,31)6/h10-11,13-14,23,25-27,29-32H,7-9,12,15-22H2,1-6H3/t25-,26+,27-,29+,30+,31-,32-,33+,34-/m1/s1. The quantitative estimate of drug-likeness (QED) is 0.308. The van der Waals surface area contributed by atoms with Crippen LogP contribution < -0.4 is 0 Å². The summed E-state index contributed by atoms with van der Waals surface area (Å²) in [4.78, 5) is 0.293. The van der Waals surface area contributed by atoms with Gasteiger partial charge >= 0.3 is 0 Å². The fourth-order valence-electron chi connectivity index (χ4n) is 10.3. The second-order valence-electron chi connectivity index (χ2n) is 14.9. The zero-order valence-corrected chi connectivity index (χ0v) is 25.9. The van der Waals surface area contributed by atoms with Crippen molar-refractivity contribution < 1.29 is 12.6 Å². The Balaban J connectivity index is 1.24. The molecule has 1 aromatic carbocycles. The molecule has 0 aliphatic heterocycles. The van der Waals surface area contributed by atoms with Gasteiger partial charge in [-0.3, -0.25) is 4.18 Å². The van der Waals surface area contributed by atoms with Crippen LogP contribution in [0.3, 0.4) is 0 Å². The van der Waals surface area contributed by atoms with Gasteiger partial charge in [-0.25, -0.2) is 0 Å². The van der Waals surface area contributed by atoms with Gasteiger partial charge in [0, 0.05) is 0 Å². The van der Waals surface area contributed by atoms with E-state index >= 15 is 0 Å². The molecule has 0 heterocycles. The predicted octanol–water partition coefficient (Wildman–Crippen LogP) is 9.19. The van der Waals surface area contributed by atoms with Crippen LogP contribution in [0.1, 0.15) is 117 Å². The van der Waals surface area contributed by atoms with Crippen molar-refractivity contribution in [2.75, 3.05) is 0 Å². The number of rotatable bonds is 8. The highest BCUT2D eigenvalue weighted by molar-refractivity contribution is 7.86. The van der Waals surface area contributed by atoms with Crippen LogP contribution in [0.4, 0.5) is 0 Å². The smallest absolute Gasteiger partial charge is 0.263 e. The summed E-state index contributed by atoms with van der Waals surface area (Å²) < 4.78 is 31.9. The summed E-state index contributed by atoms with van der Waals surface area (Å²) in [6.45, 7) is 14.5. The van der Waals surface area contributed by atoms with Crippen LogP contribution in [0.2, 0.25) is 0 Å². The maximum absolute atomic E-state index is 13.0. The second kappa shape index (κ2) is 10.8. The first kappa shape index (κ1) is 28.7. The molecule has 3 nitrogen and oxygen atoms in total. The van der Waals surface area contributed by atoms with E-state index in [1.165, 1.54) is 57.8 Å². The van der Waals surface area contributed by atoms with Gasteiger partial charge in [0.25, 0.3) is 10.1 Å². The first-order valence-corrected chi connectivity index (χ1v) is 17.3. The Morgan fingerprint density at radius 2 is 1.55 bits per heavy atom. The molecule has 0 saturated heterocycles. The molecule has 0 aromatic heterocycles. The van der Waals surface area contributed by atoms with Gasteiger partial charge in [0.05, 0.1) is 11.0 Å². The van der Waals surface area contributed by atoms with Gasteiger partial charge in [0.2, 0.25) is 0 Å². The molecule has 5 rings (SSSR count). The lowest BCUT2D eigenvalue weighted by Crippen LogP contribution is -2.54. The molecule has 1 aromatic rings. The number of hydrogen-bond acceptors (Lipinski definition) is 3. The average Bonchev–Trinajstić information content (AvgIpc) is 3.21. The SMILES string of the molecule is Cc1ccc(S(=O)(=O)O[C@@H]2CC[C@@]3(C)[C@@H](CC[C@@H]4[C@H]3CC[C@@]3(C)[C@@H]4CC[C@H]3[C@H](C)CCCC(C)C)C2)cc1. The van der Waals surface area contributed by atoms with Gasteiger partial charge in [-0.05, 0) is 129 Å². The van der Waals surface area contributed by atoms with Gasteiger partial charge in [-0.1, -0.05) is 71.6 Å². The Bertz CT molecular complexity index is 1060. The Hall–Kier alpha value is -0.870. The lowest BCUT2D eigenvalue weighted by molar-refractivity contribution is -0.126. The summed E-state index contributed by atoms with van der Waals surface area (Å²) in [6, 6.07) is 7.07. The number of hydrogen-bond donors (Lipinski definition) is 0. The number of benzene rings is 1. The van der Waals surface area contributed by atoms with Crippen LogP contribution in [0.15, 0.2) is 29.2 Å². The third-order valence-electron chi connectivity index (χ3n) is 12.4. The highest BCUT2D eigenvalue weighted by Crippen LogP contribution is 2.68. The van der Waals surface area contributed by atoms with Gasteiger partial charge in [0.1, 0.15) is 0 Å². The lowest BCUT2D eigenvalue weighted by Gasteiger charge is -2.61. The van der Waals surface area contributed by atoms with E-state index in [0.717, 1.165) is 60.3 Å². The first-order chi connectivity index (χ1) is 17.9. The fraction of sp³-hybridized carbons (Fsp3) is 0.824. The van der Waals surface area contributed by atoms with Crippen molar-refractivity contribution in [1.29, 1.82) is 0 Å². The molecule has 4 heteroatoms. The van der Waals surface area contributed by atoms with Crippen LogP contribution in [0, 0.1) is 59.2 Å². The first-order valence-electron chi connectivity index (χ1n) is 15.9. The summed E-state index contributed by atoms with van der Waals surface area (Å²) in [5, 5.41) is 0. The third-order valence-corrected chi connectivity index (χ3v) is 13.8. The summed E-state index contributed by atoms with van der Waals surface area (Å²) in [6.07, 6.45) is 15.2. The molecule has 214 valence electrons. The molecule has 9 atom stereocenters. The lowest BCUT2D eigenvalue weighted by atomic mass is 9.44. The summed E-state index contributed by atoms with van der Waals surface area (Å²) >= 11 is 0. The maximum atomic E-state index is 13.0. The van der Waals surface area contributed by atoms with Crippen molar-refractivity contribution in [3.8, 4) is 0 Å². The third kappa shape index (κ3) is 5.27. The molecule has 4 saturated carbocycles. The molecule has 4 fully saturated rings. The topological polar surface area (TPSA) is 43.4 Å². The molecule has 0 N–H and O–H groups in total. The van der Waals surface area contributed by atoms with E-state index < -0.39 is 10.1 Å². The van der Waals surface area contributed by atoms with E-state index in [4.69, 9.17) is 4.18 Å². The fourth-order valence-corrected chi connectivity index (χ4v) is 11.4. The largest absolute Gasteiger partial charge is 0.297 e. The zero-order chi connectivity index (χ0) is 27.3. The molecule has 0 radical (unpaired) electrons. The van der Waals surface area contributed by atoms with Gasteiger partial charge < -0.3 is 0 Å². The second-order valence-corrected chi connectivity index (χ2v) is 16.5. The molecule has 0 bridgehead atoms. The molecule has 0 amide bonds. The van der Waals surface area contributed by atoms with Gasteiger partial charge in [-0.2, -0.15) is 8.42 Å². The molecule has 4 aliphatic carbocycles. The van der Waals surface area contributed by atoms with Crippen molar-refractivity contribution in [1.82, 2.24) is 0 Å². The molecular weight excluding hydrogens is 488 g/mol. The van der Waals surface area contributed by atoms with E-state index in [1.807, 2.05) is 19.1 Å². The predicted molar refractivity (Wildman–Crippen MR) is 156 cm³/mol. The van der Waals surface area contributed by atoms with Crippen LogP contribution in [-0.4, -0.2) is 14.5 Å². The van der Waals surface area contributed by atoms with E-state index in [0.29, 0.717) is 21.6 Å². The van der Waals surface area contributed by atoms with Crippen molar-refractivity contribution in [3.05, 3.63) is 29.8 Å². The molecular formula is C34H54O3S. The van der Waals surface area contributed by atoms with Crippen LogP contribution in [0.25, 0.3) is 0 Å². The van der Waals surface area contributed by atoms with E-state index in [2.05, 4.69) is 34.6 Å². The number of fused-ring (bicyclic) bond motifs is 5. The molecule has 0 spiro atoms.